The van der Waals surface area contributed by atoms with Crippen LogP contribution in [0.5, 0.6) is 5.75 Å². The summed E-state index contributed by atoms with van der Waals surface area (Å²) in [7, 11) is 0. The number of piperazine rings is 1. The molecule has 2 atom stereocenters. The molecule has 2 aromatic heterocycles. The van der Waals surface area contributed by atoms with Gasteiger partial charge in [-0.1, -0.05) is 0 Å². The number of thiazole rings is 1. The van der Waals surface area contributed by atoms with Crippen molar-refractivity contribution >= 4 is 34.5 Å². The molecular weight excluding hydrogens is 480 g/mol. The summed E-state index contributed by atoms with van der Waals surface area (Å²) in [5, 5.41) is 12.7. The van der Waals surface area contributed by atoms with E-state index in [1.165, 1.54) is 0 Å². The van der Waals surface area contributed by atoms with Crippen molar-refractivity contribution < 1.29 is 23.8 Å². The molecule has 7 rings (SSSR count). The molecule has 3 saturated heterocycles. The van der Waals surface area contributed by atoms with E-state index in [2.05, 4.69) is 9.88 Å². The average Bonchev–Trinajstić information content (AvgIpc) is 3.50. The van der Waals surface area contributed by atoms with E-state index in [-0.39, 0.29) is 30.4 Å². The number of anilines is 1. The van der Waals surface area contributed by atoms with Crippen molar-refractivity contribution in [3.8, 4) is 16.3 Å². The molecule has 2 bridgehead atoms. The van der Waals surface area contributed by atoms with Gasteiger partial charge in [0.2, 0.25) is 0 Å². The molecule has 1 amide bonds. The van der Waals surface area contributed by atoms with Crippen molar-refractivity contribution in [2.24, 2.45) is 0 Å². The van der Waals surface area contributed by atoms with Crippen LogP contribution in [0.2, 0.25) is 0 Å². The van der Waals surface area contributed by atoms with E-state index in [9.17, 15) is 9.90 Å². The molecule has 1 aliphatic carbocycles. The number of carbonyl (C=O) groups excluding carboxylic acids is 1. The van der Waals surface area contributed by atoms with Crippen molar-refractivity contribution in [2.45, 2.75) is 82.8 Å². The SMILES string of the molecule is CC(C)(C)OC(=O)N1C2CC1CN(c1nc3c(OC4CCC(O)CC4)ccc(-c4nccs4)c3o1)C2. The van der Waals surface area contributed by atoms with Crippen LogP contribution >= 0.6 is 11.3 Å². The largest absolute Gasteiger partial charge is 0.488 e. The minimum atomic E-state index is -0.514. The summed E-state index contributed by atoms with van der Waals surface area (Å²) < 4.78 is 18.4. The number of aliphatic hydroxyl groups is 1. The number of aliphatic hydroxyl groups excluding tert-OH is 1. The fourth-order valence-electron chi connectivity index (χ4n) is 5.45. The Hall–Kier alpha value is -2.85. The van der Waals surface area contributed by atoms with Crippen molar-refractivity contribution in [3.63, 3.8) is 0 Å². The Kier molecular flexibility index (Phi) is 5.83. The molecule has 4 aliphatic rings. The van der Waals surface area contributed by atoms with Crippen LogP contribution < -0.4 is 9.64 Å². The highest BCUT2D eigenvalue weighted by molar-refractivity contribution is 7.13. The second-order valence-electron chi connectivity index (χ2n) is 11.0. The molecule has 2 unspecified atom stereocenters. The average molecular weight is 513 g/mol. The summed E-state index contributed by atoms with van der Waals surface area (Å²) in [6.45, 7) is 6.96. The van der Waals surface area contributed by atoms with E-state index in [0.29, 0.717) is 36.0 Å². The molecule has 3 aliphatic heterocycles. The highest BCUT2D eigenvalue weighted by atomic mass is 32.1. The number of benzene rings is 1. The second-order valence-corrected chi connectivity index (χ2v) is 11.9. The van der Waals surface area contributed by atoms with Crippen LogP contribution in [0.4, 0.5) is 10.8 Å². The molecule has 192 valence electrons. The summed E-state index contributed by atoms with van der Waals surface area (Å²) in [6.07, 6.45) is 5.44. The summed E-state index contributed by atoms with van der Waals surface area (Å²) in [6, 6.07) is 4.64. The minimum absolute atomic E-state index is 0.0486. The van der Waals surface area contributed by atoms with Crippen LogP contribution in [-0.2, 0) is 4.74 Å². The van der Waals surface area contributed by atoms with Crippen LogP contribution in [0.15, 0.2) is 28.1 Å². The number of hydrogen-bond acceptors (Lipinski definition) is 9. The van der Waals surface area contributed by atoms with Crippen LogP contribution in [-0.4, -0.2) is 69.0 Å². The van der Waals surface area contributed by atoms with Gasteiger partial charge in [0.05, 0.1) is 29.9 Å². The second kappa shape index (κ2) is 8.92. The third kappa shape index (κ3) is 4.41. The van der Waals surface area contributed by atoms with Crippen molar-refractivity contribution in [2.75, 3.05) is 18.0 Å². The minimum Gasteiger partial charge on any atom is -0.488 e. The molecule has 36 heavy (non-hydrogen) atoms. The van der Waals surface area contributed by atoms with Gasteiger partial charge in [0.15, 0.2) is 11.1 Å². The monoisotopic (exact) mass is 512 g/mol. The summed E-state index contributed by atoms with van der Waals surface area (Å²) in [5.74, 6) is 0.694. The smallest absolute Gasteiger partial charge is 0.410 e. The van der Waals surface area contributed by atoms with Gasteiger partial charge in [-0.25, -0.2) is 9.78 Å². The lowest BCUT2D eigenvalue weighted by atomic mass is 9.88. The van der Waals surface area contributed by atoms with E-state index < -0.39 is 5.60 Å². The molecule has 10 heteroatoms. The predicted molar refractivity (Wildman–Crippen MR) is 136 cm³/mol. The summed E-state index contributed by atoms with van der Waals surface area (Å²) in [5.41, 5.74) is 1.73. The maximum absolute atomic E-state index is 12.7. The highest BCUT2D eigenvalue weighted by Crippen LogP contribution is 2.41. The zero-order valence-electron chi connectivity index (χ0n) is 20.8. The van der Waals surface area contributed by atoms with Gasteiger partial charge in [-0.05, 0) is 65.0 Å². The summed E-state index contributed by atoms with van der Waals surface area (Å²) in [4.78, 5) is 26.0. The number of carbonyl (C=O) groups is 1. The Morgan fingerprint density at radius 3 is 2.58 bits per heavy atom. The number of piperidine rings is 1. The fourth-order valence-corrected chi connectivity index (χ4v) is 6.11. The van der Waals surface area contributed by atoms with Gasteiger partial charge < -0.3 is 23.9 Å². The lowest BCUT2D eigenvalue weighted by Crippen LogP contribution is -2.70. The quantitative estimate of drug-likeness (QED) is 0.530. The third-order valence-electron chi connectivity index (χ3n) is 7.16. The standard InChI is InChI=1S/C26H32N4O5S/c1-26(2,3)35-25(32)30-15-12-16(30)14-29(13-15)24-28-21-20(33-18-6-4-17(31)5-7-18)9-8-19(22(21)34-24)23-27-10-11-36-23/h8-11,15-18,31H,4-7,12-14H2,1-3H3. The number of fused-ring (bicyclic) bond motifs is 3. The molecule has 9 nitrogen and oxygen atoms in total. The number of aromatic nitrogens is 2. The first-order valence-electron chi connectivity index (χ1n) is 12.7. The first-order chi connectivity index (χ1) is 17.2. The Bertz CT molecular complexity index is 1230. The highest BCUT2D eigenvalue weighted by Gasteiger charge is 2.49. The Balaban J connectivity index is 1.27. The zero-order valence-corrected chi connectivity index (χ0v) is 21.7. The van der Waals surface area contributed by atoms with Gasteiger partial charge in [-0.3, -0.25) is 4.90 Å². The fraction of sp³-hybridized carbons (Fsp3) is 0.577. The van der Waals surface area contributed by atoms with Crippen LogP contribution in [0.1, 0.15) is 52.9 Å². The summed E-state index contributed by atoms with van der Waals surface area (Å²) >= 11 is 1.55. The zero-order chi connectivity index (χ0) is 25.0. The maximum Gasteiger partial charge on any atom is 0.410 e. The van der Waals surface area contributed by atoms with Crippen molar-refractivity contribution in [3.05, 3.63) is 23.7 Å². The van der Waals surface area contributed by atoms with E-state index >= 15 is 0 Å². The van der Waals surface area contributed by atoms with Crippen LogP contribution in [0.3, 0.4) is 0 Å². The van der Waals surface area contributed by atoms with Gasteiger partial charge in [-0.15, -0.1) is 11.3 Å². The molecule has 1 N–H and O–H groups in total. The number of amides is 1. The van der Waals surface area contributed by atoms with Gasteiger partial charge >= 0.3 is 6.09 Å². The van der Waals surface area contributed by atoms with E-state index in [1.807, 2.05) is 43.2 Å². The number of hydrogen-bond donors (Lipinski definition) is 1. The molecule has 5 heterocycles. The topological polar surface area (TPSA) is 101 Å². The molecule has 4 fully saturated rings. The van der Waals surface area contributed by atoms with Gasteiger partial charge in [0.1, 0.15) is 16.4 Å². The first-order valence-corrected chi connectivity index (χ1v) is 13.6. The van der Waals surface area contributed by atoms with E-state index in [4.69, 9.17) is 18.9 Å². The Morgan fingerprint density at radius 2 is 1.92 bits per heavy atom. The van der Waals surface area contributed by atoms with Gasteiger partial charge in [0, 0.05) is 24.7 Å². The van der Waals surface area contributed by atoms with Crippen LogP contribution in [0, 0.1) is 0 Å². The number of oxazole rings is 1. The lowest BCUT2D eigenvalue weighted by molar-refractivity contribution is -0.0386. The molecule has 0 radical (unpaired) electrons. The van der Waals surface area contributed by atoms with E-state index in [1.54, 1.807) is 17.5 Å². The Morgan fingerprint density at radius 1 is 1.17 bits per heavy atom. The molecular formula is C26H32N4O5S. The van der Waals surface area contributed by atoms with Gasteiger partial charge in [-0.2, -0.15) is 4.98 Å². The van der Waals surface area contributed by atoms with Gasteiger partial charge in [0.25, 0.3) is 6.01 Å². The Labute approximate surface area is 214 Å². The van der Waals surface area contributed by atoms with Crippen molar-refractivity contribution in [1.29, 1.82) is 0 Å². The predicted octanol–water partition coefficient (Wildman–Crippen LogP) is 4.83. The number of nitrogens with zero attached hydrogens (tertiary/aromatic N) is 4. The normalized spacial score (nSPS) is 26.1. The van der Waals surface area contributed by atoms with Crippen LogP contribution in [0.25, 0.3) is 21.7 Å². The number of rotatable bonds is 4. The molecule has 3 aromatic rings. The molecule has 1 aromatic carbocycles. The number of ether oxygens (including phenoxy) is 2. The third-order valence-corrected chi connectivity index (χ3v) is 7.97. The maximum atomic E-state index is 12.7. The molecule has 1 saturated carbocycles. The van der Waals surface area contributed by atoms with Crippen molar-refractivity contribution in [1.82, 2.24) is 14.9 Å². The van der Waals surface area contributed by atoms with E-state index in [0.717, 1.165) is 42.7 Å². The first kappa shape index (κ1) is 23.5. The molecule has 0 spiro atoms. The lowest BCUT2D eigenvalue weighted by Gasteiger charge is -2.55.